The summed E-state index contributed by atoms with van der Waals surface area (Å²) in [4.78, 5) is 15.8. The SMILES string of the molecule is O=C(NCC1CC(c2ccccc2)NN1)C1(N2CCCCC2)CCCCC1. The summed E-state index contributed by atoms with van der Waals surface area (Å²) in [5.74, 6) is 0.272. The monoisotopic (exact) mass is 370 g/mol. The summed E-state index contributed by atoms with van der Waals surface area (Å²) >= 11 is 0. The number of nitrogens with zero attached hydrogens (tertiary/aromatic N) is 1. The molecule has 1 aromatic rings. The maximum Gasteiger partial charge on any atom is 0.240 e. The highest BCUT2D eigenvalue weighted by Gasteiger charge is 2.44. The van der Waals surface area contributed by atoms with Gasteiger partial charge in [-0.05, 0) is 50.8 Å². The zero-order valence-corrected chi connectivity index (χ0v) is 16.4. The van der Waals surface area contributed by atoms with Gasteiger partial charge in [0.1, 0.15) is 5.54 Å². The number of hydrazine groups is 1. The van der Waals surface area contributed by atoms with Crippen LogP contribution in [0.2, 0.25) is 0 Å². The lowest BCUT2D eigenvalue weighted by molar-refractivity contribution is -0.137. The molecule has 5 nitrogen and oxygen atoms in total. The van der Waals surface area contributed by atoms with E-state index in [9.17, 15) is 4.79 Å². The van der Waals surface area contributed by atoms with Gasteiger partial charge in [-0.15, -0.1) is 0 Å². The molecule has 0 aromatic heterocycles. The number of carbonyl (C=O) groups is 1. The number of rotatable bonds is 5. The molecule has 2 aliphatic heterocycles. The van der Waals surface area contributed by atoms with Crippen molar-refractivity contribution in [1.82, 2.24) is 21.1 Å². The molecule has 3 fully saturated rings. The summed E-state index contributed by atoms with van der Waals surface area (Å²) in [6, 6.07) is 11.1. The van der Waals surface area contributed by atoms with E-state index in [2.05, 4.69) is 45.3 Å². The molecule has 0 radical (unpaired) electrons. The Kier molecular flexibility index (Phi) is 6.11. The van der Waals surface area contributed by atoms with Crippen LogP contribution in [-0.2, 0) is 4.79 Å². The van der Waals surface area contributed by atoms with Crippen molar-refractivity contribution in [1.29, 1.82) is 0 Å². The minimum atomic E-state index is -0.246. The lowest BCUT2D eigenvalue weighted by Crippen LogP contribution is -2.61. The van der Waals surface area contributed by atoms with E-state index in [0.717, 1.165) is 32.4 Å². The molecule has 2 heterocycles. The second-order valence-corrected chi connectivity index (χ2v) is 8.53. The van der Waals surface area contributed by atoms with Crippen LogP contribution >= 0.6 is 0 Å². The zero-order valence-electron chi connectivity index (χ0n) is 16.4. The third-order valence-corrected chi connectivity index (χ3v) is 6.76. The normalized spacial score (nSPS) is 28.7. The molecular formula is C22H34N4O. The minimum absolute atomic E-state index is 0.246. The van der Waals surface area contributed by atoms with Gasteiger partial charge in [0, 0.05) is 18.6 Å². The Bertz CT molecular complexity index is 608. The van der Waals surface area contributed by atoms with Gasteiger partial charge >= 0.3 is 0 Å². The molecule has 1 saturated carbocycles. The maximum atomic E-state index is 13.3. The largest absolute Gasteiger partial charge is 0.353 e. The molecule has 1 aliphatic carbocycles. The van der Waals surface area contributed by atoms with E-state index < -0.39 is 0 Å². The van der Waals surface area contributed by atoms with E-state index in [1.807, 2.05) is 6.07 Å². The van der Waals surface area contributed by atoms with Crippen molar-refractivity contribution >= 4 is 5.91 Å². The van der Waals surface area contributed by atoms with Crippen molar-refractivity contribution in [3.63, 3.8) is 0 Å². The molecule has 3 N–H and O–H groups in total. The first-order chi connectivity index (χ1) is 13.3. The van der Waals surface area contributed by atoms with Crippen molar-refractivity contribution in [3.8, 4) is 0 Å². The van der Waals surface area contributed by atoms with Gasteiger partial charge < -0.3 is 5.32 Å². The summed E-state index contributed by atoms with van der Waals surface area (Å²) in [5.41, 5.74) is 7.82. The summed E-state index contributed by atoms with van der Waals surface area (Å²) in [6.07, 6.45) is 10.5. The highest BCUT2D eigenvalue weighted by molar-refractivity contribution is 5.86. The fraction of sp³-hybridized carbons (Fsp3) is 0.682. The second kappa shape index (κ2) is 8.72. The number of benzene rings is 1. The standard InChI is InChI=1S/C22H34N4O/c27-21(22(12-6-2-7-13-22)26-14-8-3-9-15-26)23-17-19-16-20(25-24-19)18-10-4-1-5-11-18/h1,4-5,10-11,19-20,24-25H,2-3,6-9,12-17H2,(H,23,27). The predicted molar refractivity (Wildman–Crippen MR) is 108 cm³/mol. The van der Waals surface area contributed by atoms with Crippen LogP contribution in [0.25, 0.3) is 0 Å². The topological polar surface area (TPSA) is 56.4 Å². The van der Waals surface area contributed by atoms with Crippen LogP contribution in [0.15, 0.2) is 30.3 Å². The average molecular weight is 371 g/mol. The molecular weight excluding hydrogens is 336 g/mol. The van der Waals surface area contributed by atoms with Crippen LogP contribution in [0.4, 0.5) is 0 Å². The van der Waals surface area contributed by atoms with Gasteiger partial charge in [-0.3, -0.25) is 15.1 Å². The summed E-state index contributed by atoms with van der Waals surface area (Å²) < 4.78 is 0. The highest BCUT2D eigenvalue weighted by atomic mass is 16.2. The average Bonchev–Trinajstić information content (AvgIpc) is 3.23. The first-order valence-electron chi connectivity index (χ1n) is 10.9. The van der Waals surface area contributed by atoms with Gasteiger partial charge in [0.05, 0.1) is 0 Å². The summed E-state index contributed by atoms with van der Waals surface area (Å²) in [6.45, 7) is 2.88. The molecule has 27 heavy (non-hydrogen) atoms. The van der Waals surface area contributed by atoms with Crippen LogP contribution in [0.5, 0.6) is 0 Å². The number of piperidine rings is 1. The Balaban J connectivity index is 1.34. The van der Waals surface area contributed by atoms with E-state index in [-0.39, 0.29) is 17.5 Å². The Hall–Kier alpha value is -1.43. The van der Waals surface area contributed by atoms with Gasteiger partial charge in [-0.1, -0.05) is 56.0 Å². The number of hydrogen-bond acceptors (Lipinski definition) is 4. The van der Waals surface area contributed by atoms with Crippen molar-refractivity contribution in [3.05, 3.63) is 35.9 Å². The van der Waals surface area contributed by atoms with Crippen LogP contribution in [0.1, 0.15) is 69.4 Å². The number of amides is 1. The Morgan fingerprint density at radius 2 is 1.70 bits per heavy atom. The second-order valence-electron chi connectivity index (χ2n) is 8.53. The van der Waals surface area contributed by atoms with Crippen LogP contribution < -0.4 is 16.2 Å². The Labute approximate surface area is 163 Å². The molecule has 3 aliphatic rings. The molecule has 5 heteroatoms. The molecule has 2 unspecified atom stereocenters. The molecule has 2 saturated heterocycles. The van der Waals surface area contributed by atoms with Crippen molar-refractivity contribution in [2.24, 2.45) is 0 Å². The summed E-state index contributed by atoms with van der Waals surface area (Å²) in [7, 11) is 0. The molecule has 0 spiro atoms. The Morgan fingerprint density at radius 3 is 2.44 bits per heavy atom. The first kappa shape index (κ1) is 18.9. The molecule has 148 valence electrons. The van der Waals surface area contributed by atoms with Crippen molar-refractivity contribution in [2.45, 2.75) is 75.4 Å². The van der Waals surface area contributed by atoms with Gasteiger partial charge in [0.2, 0.25) is 5.91 Å². The molecule has 0 bridgehead atoms. The van der Waals surface area contributed by atoms with E-state index in [1.54, 1.807) is 0 Å². The van der Waals surface area contributed by atoms with E-state index in [4.69, 9.17) is 0 Å². The van der Waals surface area contributed by atoms with Gasteiger partial charge in [0.25, 0.3) is 0 Å². The minimum Gasteiger partial charge on any atom is -0.353 e. The van der Waals surface area contributed by atoms with E-state index in [1.165, 1.54) is 44.1 Å². The number of likely N-dealkylation sites (tertiary alicyclic amines) is 1. The van der Waals surface area contributed by atoms with Gasteiger partial charge in [-0.2, -0.15) is 0 Å². The number of carbonyl (C=O) groups excluding carboxylic acids is 1. The maximum absolute atomic E-state index is 13.3. The predicted octanol–water partition coefficient (Wildman–Crippen LogP) is 2.90. The molecule has 2 atom stereocenters. The third kappa shape index (κ3) is 4.20. The number of hydrogen-bond donors (Lipinski definition) is 3. The van der Waals surface area contributed by atoms with Gasteiger partial charge in [-0.25, -0.2) is 5.43 Å². The molecule has 1 aromatic carbocycles. The smallest absolute Gasteiger partial charge is 0.240 e. The van der Waals surface area contributed by atoms with Crippen LogP contribution in [0.3, 0.4) is 0 Å². The lowest BCUT2D eigenvalue weighted by Gasteiger charge is -2.46. The van der Waals surface area contributed by atoms with Crippen molar-refractivity contribution in [2.75, 3.05) is 19.6 Å². The van der Waals surface area contributed by atoms with E-state index in [0.29, 0.717) is 12.6 Å². The lowest BCUT2D eigenvalue weighted by atomic mass is 9.78. The zero-order chi connectivity index (χ0) is 18.5. The number of nitrogens with one attached hydrogen (secondary N) is 3. The molecule has 4 rings (SSSR count). The fourth-order valence-electron chi connectivity index (χ4n) is 5.19. The first-order valence-corrected chi connectivity index (χ1v) is 10.9. The molecule has 1 amide bonds. The fourth-order valence-corrected chi connectivity index (χ4v) is 5.19. The van der Waals surface area contributed by atoms with Crippen LogP contribution in [-0.4, -0.2) is 42.0 Å². The van der Waals surface area contributed by atoms with Gasteiger partial charge in [0.15, 0.2) is 0 Å². The third-order valence-electron chi connectivity index (χ3n) is 6.76. The quantitative estimate of drug-likeness (QED) is 0.746. The van der Waals surface area contributed by atoms with E-state index >= 15 is 0 Å². The Morgan fingerprint density at radius 1 is 1.00 bits per heavy atom. The summed E-state index contributed by atoms with van der Waals surface area (Å²) in [5, 5.41) is 3.32. The van der Waals surface area contributed by atoms with Crippen LogP contribution in [0, 0.1) is 0 Å². The highest BCUT2D eigenvalue weighted by Crippen LogP contribution is 2.36. The van der Waals surface area contributed by atoms with Crippen molar-refractivity contribution < 1.29 is 4.79 Å².